The topological polar surface area (TPSA) is 520 Å². The summed E-state index contributed by atoms with van der Waals surface area (Å²) in [5.41, 5.74) is -0.356. The third kappa shape index (κ3) is 72.6. The normalized spacial score (nSPS) is 14.6. The molecule has 36 nitrogen and oxygen atoms in total. The lowest BCUT2D eigenvalue weighted by atomic mass is 9.89. The fourth-order valence-corrected chi connectivity index (χ4v) is 16.4. The first-order valence-electron chi connectivity index (χ1n) is 47.2. The molecule has 0 unspecified atom stereocenters. The Morgan fingerprint density at radius 3 is 0.736 bits per heavy atom. The average Bonchev–Trinajstić information content (AvgIpc) is 0.881. The molecule has 0 N–H and O–H groups in total. The van der Waals surface area contributed by atoms with Gasteiger partial charge in [0.15, 0.2) is 0 Å². The Balaban J connectivity index is -0.000000842. The lowest BCUT2D eigenvalue weighted by molar-refractivity contribution is -0.173. The summed E-state index contributed by atoms with van der Waals surface area (Å²) in [7, 11) is 0. The van der Waals surface area contributed by atoms with Crippen LogP contribution in [0.1, 0.15) is 302 Å². The fourth-order valence-electron chi connectivity index (χ4n) is 10.5. The Kier molecular flexibility index (Phi) is 72.4. The number of hydrogen-bond donors (Lipinski definition) is 6. The monoisotopic (exact) mass is 2310 g/mol. The SMILES string of the molecule is CC(=O)O[C@@H](C)OC(=O)SC[C@H](CC(=O)C(C)(C)S)C(C)=O.CC(=O)[C@H](CSC(=O)O[C@H](C)OC(=O)C(C)(C)C)CC(=O)C(C)(C)S.CC(=O)[C@H](CSC(=O)O[C@H](C)OC(=O)C(C)C)CC(=O)C(C)(C)S.CC(=O)[C@H](CSC(=O)O[C@H](C)OC(=O)C1CCCCC1)CC(=O)C(C)(C)S.CC(=O)[C@H](CSC(=O)O[C@H](C)OC(=O)c1ccccc1)CC(=O)C(C)(C)S.CCC(=O)O[C@@H](C)OC(=O)SC[C@H](CC(=O)C(C)(C)S)C(C)=O. The summed E-state index contributed by atoms with van der Waals surface area (Å²) in [6.07, 6.45) is -1.01. The minimum Gasteiger partial charge on any atom is -0.426 e. The predicted molar refractivity (Wildman–Crippen MR) is 591 cm³/mol. The van der Waals surface area contributed by atoms with Gasteiger partial charge in [-0.3, -0.25) is 81.5 Å². The highest BCUT2D eigenvalue weighted by Crippen LogP contribution is 2.33. The molecule has 2 rings (SSSR count). The maximum atomic E-state index is 12.1. The lowest BCUT2D eigenvalue weighted by Gasteiger charge is -2.22. The van der Waals surface area contributed by atoms with Gasteiger partial charge in [0.05, 0.1) is 51.3 Å². The van der Waals surface area contributed by atoms with Gasteiger partial charge in [0, 0.05) is 163 Å². The van der Waals surface area contributed by atoms with Crippen molar-refractivity contribution in [2.24, 2.45) is 52.8 Å². The molecule has 1 fully saturated rings. The van der Waals surface area contributed by atoms with E-state index in [1.54, 1.807) is 155 Å². The highest BCUT2D eigenvalue weighted by molar-refractivity contribution is 8.14. The summed E-state index contributed by atoms with van der Waals surface area (Å²) in [6, 6.07) is 8.32. The smallest absolute Gasteiger partial charge is 0.370 e. The van der Waals surface area contributed by atoms with Gasteiger partial charge in [0.2, 0.25) is 37.7 Å². The van der Waals surface area contributed by atoms with Crippen LogP contribution in [0.3, 0.4) is 0 Å². The van der Waals surface area contributed by atoms with Crippen molar-refractivity contribution < 1.29 is 172 Å². The molecule has 0 bridgehead atoms. The third-order valence-electron chi connectivity index (χ3n) is 20.2. The summed E-state index contributed by atoms with van der Waals surface area (Å²) >= 11 is 29.8. The molecular formula is C100H154O36S12. The molecule has 0 spiro atoms. The zero-order valence-electron chi connectivity index (χ0n) is 90.5. The first kappa shape index (κ1) is 147. The number of carbonyl (C=O) groups excluding carboxylic acids is 24. The fraction of sp³-hybridized carbons (Fsp3) is 0.700. The molecule has 1 aliphatic carbocycles. The number of hydrogen-bond acceptors (Lipinski definition) is 48. The van der Waals surface area contributed by atoms with Crippen LogP contribution in [0.2, 0.25) is 0 Å². The molecule has 1 aliphatic rings. The van der Waals surface area contributed by atoms with Crippen LogP contribution in [-0.2, 0) is 138 Å². The molecule has 0 saturated heterocycles. The number of Topliss-reactive ketones (excluding diaryl/α,β-unsaturated/α-hetero) is 12. The van der Waals surface area contributed by atoms with Crippen molar-refractivity contribution in [3.05, 3.63) is 35.9 Å². The van der Waals surface area contributed by atoms with Gasteiger partial charge in [-0.2, -0.15) is 75.8 Å². The van der Waals surface area contributed by atoms with Crippen molar-refractivity contribution in [1.29, 1.82) is 0 Å². The van der Waals surface area contributed by atoms with E-state index in [1.807, 2.05) is 0 Å². The van der Waals surface area contributed by atoms with Gasteiger partial charge in [-0.1, -0.05) is 58.2 Å². The van der Waals surface area contributed by atoms with Crippen LogP contribution in [-0.4, -0.2) is 238 Å². The average molecular weight is 2320 g/mol. The summed E-state index contributed by atoms with van der Waals surface area (Å²) in [6.45, 7) is 48.0. The van der Waals surface area contributed by atoms with Crippen molar-refractivity contribution in [3.8, 4) is 0 Å². The summed E-state index contributed by atoms with van der Waals surface area (Å²) in [5.74, 6) is -8.28. The van der Waals surface area contributed by atoms with E-state index in [4.69, 9.17) is 52.1 Å². The van der Waals surface area contributed by atoms with E-state index < -0.39 is 169 Å². The van der Waals surface area contributed by atoms with Crippen LogP contribution in [0.4, 0.5) is 28.8 Å². The van der Waals surface area contributed by atoms with E-state index in [0.29, 0.717) is 5.56 Å². The van der Waals surface area contributed by atoms with Gasteiger partial charge >= 0.3 is 67.6 Å². The largest absolute Gasteiger partial charge is 0.426 e. The van der Waals surface area contributed by atoms with Crippen LogP contribution in [0.5, 0.6) is 0 Å². The number of esters is 6. The molecular weight excluding hydrogens is 2160 g/mol. The van der Waals surface area contributed by atoms with Crippen LogP contribution in [0.25, 0.3) is 0 Å². The van der Waals surface area contributed by atoms with Gasteiger partial charge in [-0.15, -0.1) is 0 Å². The van der Waals surface area contributed by atoms with E-state index in [1.165, 1.54) is 90.0 Å². The zero-order valence-corrected chi connectivity index (χ0v) is 101. The molecule has 0 aliphatic heterocycles. The van der Waals surface area contributed by atoms with E-state index in [-0.39, 0.29) is 167 Å². The molecule has 0 heterocycles. The molecule has 1 saturated carbocycles. The Morgan fingerprint density at radius 2 is 0.520 bits per heavy atom. The second-order valence-electron chi connectivity index (χ2n) is 38.7. The Morgan fingerprint density at radius 1 is 0.297 bits per heavy atom. The van der Waals surface area contributed by atoms with Crippen molar-refractivity contribution in [1.82, 2.24) is 0 Å². The van der Waals surface area contributed by atoms with Crippen LogP contribution >= 0.6 is 146 Å². The zero-order chi connectivity index (χ0) is 116. The highest BCUT2D eigenvalue weighted by atomic mass is 32.2. The molecule has 842 valence electrons. The summed E-state index contributed by atoms with van der Waals surface area (Å²) in [5, 5.41) is -3.99. The molecule has 0 amide bonds. The van der Waals surface area contributed by atoms with Crippen LogP contribution in [0, 0.1) is 52.8 Å². The molecule has 12 atom stereocenters. The van der Waals surface area contributed by atoms with Gasteiger partial charge < -0.3 is 56.8 Å². The predicted octanol–water partition coefficient (Wildman–Crippen LogP) is 20.7. The molecule has 0 radical (unpaired) electrons. The van der Waals surface area contributed by atoms with Crippen molar-refractivity contribution in [2.75, 3.05) is 34.5 Å². The van der Waals surface area contributed by atoms with E-state index >= 15 is 0 Å². The van der Waals surface area contributed by atoms with E-state index in [2.05, 4.69) is 80.5 Å². The number of thioether (sulfide) groups is 6. The van der Waals surface area contributed by atoms with Crippen LogP contribution < -0.4 is 0 Å². The first-order chi connectivity index (χ1) is 67.4. The van der Waals surface area contributed by atoms with Crippen LogP contribution in [0.15, 0.2) is 30.3 Å². The van der Waals surface area contributed by atoms with Gasteiger partial charge in [0.1, 0.15) is 69.4 Å². The number of thiol groups is 6. The standard InChI is InChI=1S/C19H30O6S2.C19H24O6S2.C17H28O6S2.C16H26O6S2.C15H24O6S2.C14H22O6S2/c2*1-12(20)15(10-16(21)19(3,4)26)11-27-18(23)25-13(2)24-17(22)14-8-6-5-7-9-14;1-10(18)12(8-13(19)17(6,7)24)9-25-15(21)23-11(2)22-14(20)16(3,4)5;1-9(2)14(19)21-11(4)22-15(20)24-8-12(10(3)17)7-13(18)16(5,6)23;1-6-13(18)20-10(3)21-14(19)23-8-11(9(2)16)7-12(17)15(4,5)22;1-8(15)11(6-12(17)14(4,5)21)7-22-13(18)20-10(3)19-9(2)16/h13-15,26H,5-11H2,1-4H3;5-9,13,15,26H,10-11H2,1-4H3;11-12,24H,8-9H2,1-7H3;9,11-12,23H,7-8H2,1-6H3;10-11,22H,6-8H2,1-5H3;10-11,21H,6-7H2,1-5H3/t2*13-,15+;2*11-,12+;2*10-,11+/m111111/s1. The number of carbonyl (C=O) groups is 24. The van der Waals surface area contributed by atoms with Gasteiger partial charge in [-0.25, -0.2) is 33.6 Å². The maximum Gasteiger partial charge on any atom is 0.370 e. The molecule has 1 aromatic rings. The van der Waals surface area contributed by atoms with E-state index in [9.17, 15) is 115 Å². The number of ether oxygens (including phenoxy) is 12. The Labute approximate surface area is 929 Å². The van der Waals surface area contributed by atoms with Crippen molar-refractivity contribution >= 4 is 283 Å². The van der Waals surface area contributed by atoms with Crippen molar-refractivity contribution in [2.45, 2.75) is 358 Å². The second-order valence-corrected chi connectivity index (χ2v) is 51.1. The number of benzene rings is 1. The highest BCUT2D eigenvalue weighted by Gasteiger charge is 2.38. The third-order valence-corrected chi connectivity index (χ3v) is 27.1. The molecule has 148 heavy (non-hydrogen) atoms. The molecule has 1 aromatic carbocycles. The summed E-state index contributed by atoms with van der Waals surface area (Å²) in [4.78, 5) is 281. The minimum atomic E-state index is -1.08. The van der Waals surface area contributed by atoms with Crippen molar-refractivity contribution in [3.63, 3.8) is 0 Å². The lowest BCUT2D eigenvalue weighted by Crippen LogP contribution is -2.30. The van der Waals surface area contributed by atoms with Gasteiger partial charge in [0.25, 0.3) is 0 Å². The Hall–Kier alpha value is -6.90. The minimum absolute atomic E-state index is 0.00462. The molecule has 48 heteroatoms. The maximum absolute atomic E-state index is 12.1. The first-order valence-corrected chi connectivity index (χ1v) is 55.8. The Bertz CT molecular complexity index is 4580. The number of rotatable bonds is 52. The second kappa shape index (κ2) is 72.7. The van der Waals surface area contributed by atoms with Gasteiger partial charge in [-0.05, 0) is 241 Å². The molecule has 0 aromatic heterocycles. The van der Waals surface area contributed by atoms with E-state index in [0.717, 1.165) is 103 Å². The quantitative estimate of drug-likeness (QED) is 0.0153. The summed E-state index contributed by atoms with van der Waals surface area (Å²) < 4.78 is 54.4. The number of ketones is 12.